The molecule has 0 radical (unpaired) electrons. The first-order valence-corrected chi connectivity index (χ1v) is 19.9. The van der Waals surface area contributed by atoms with Gasteiger partial charge in [-0.3, -0.25) is 33.8 Å². The SMILES string of the molecule is CCC[C@H](CC(=O)[C@@H]1[C@@H](C2CCCC2)CCN1C(=O)[C@@H](CC(=O)[C@@H](NC(=O)c1cnccn1)C1CCCCC1)C(C)(C)C)C(=O)C(=O)CC1CC1. The summed E-state index contributed by atoms with van der Waals surface area (Å²) in [5, 5.41) is 2.98. The summed E-state index contributed by atoms with van der Waals surface area (Å²) in [5.74, 6) is -2.54. The molecule has 1 aromatic heterocycles. The zero-order valence-electron chi connectivity index (χ0n) is 31.4. The largest absolute Gasteiger partial charge is 0.341 e. The van der Waals surface area contributed by atoms with E-state index in [1.807, 2.05) is 27.7 Å². The van der Waals surface area contributed by atoms with Gasteiger partial charge in [-0.2, -0.15) is 0 Å². The van der Waals surface area contributed by atoms with Gasteiger partial charge >= 0.3 is 0 Å². The Labute approximate surface area is 304 Å². The predicted molar refractivity (Wildman–Crippen MR) is 193 cm³/mol. The van der Waals surface area contributed by atoms with E-state index >= 15 is 0 Å². The van der Waals surface area contributed by atoms with Crippen molar-refractivity contribution < 1.29 is 28.8 Å². The van der Waals surface area contributed by atoms with E-state index in [-0.39, 0.29) is 60.0 Å². The lowest BCUT2D eigenvalue weighted by atomic mass is 9.73. The molecule has 5 atom stereocenters. The minimum atomic E-state index is -0.756. The van der Waals surface area contributed by atoms with E-state index in [0.717, 1.165) is 70.6 Å². The second-order valence-electron chi connectivity index (χ2n) is 17.1. The summed E-state index contributed by atoms with van der Waals surface area (Å²) in [4.78, 5) is 93.0. The van der Waals surface area contributed by atoms with Crippen molar-refractivity contribution in [3.05, 3.63) is 24.3 Å². The van der Waals surface area contributed by atoms with Gasteiger partial charge in [0, 0.05) is 50.0 Å². The quantitative estimate of drug-likeness (QED) is 0.181. The molecule has 2 heterocycles. The normalized spacial score (nSPS) is 23.4. The first-order chi connectivity index (χ1) is 24.4. The summed E-state index contributed by atoms with van der Waals surface area (Å²) in [5.41, 5.74) is -0.464. The van der Waals surface area contributed by atoms with Crippen LogP contribution in [-0.2, 0) is 24.0 Å². The number of carbonyl (C=O) groups is 6. The number of nitrogens with zero attached hydrogens (tertiary/aromatic N) is 3. The molecule has 5 rings (SSSR count). The van der Waals surface area contributed by atoms with Crippen LogP contribution in [0.25, 0.3) is 0 Å². The number of hydrogen-bond acceptors (Lipinski definition) is 8. The van der Waals surface area contributed by atoms with Crippen LogP contribution in [0.5, 0.6) is 0 Å². The summed E-state index contributed by atoms with van der Waals surface area (Å²) in [6, 6.07) is -1.43. The van der Waals surface area contributed by atoms with Crippen molar-refractivity contribution in [3.63, 3.8) is 0 Å². The summed E-state index contributed by atoms with van der Waals surface area (Å²) < 4.78 is 0. The minimum absolute atomic E-state index is 0.000992. The molecule has 280 valence electrons. The molecule has 10 heteroatoms. The van der Waals surface area contributed by atoms with Gasteiger partial charge < -0.3 is 10.2 Å². The van der Waals surface area contributed by atoms with Crippen LogP contribution < -0.4 is 5.32 Å². The van der Waals surface area contributed by atoms with Crippen molar-refractivity contribution >= 4 is 34.9 Å². The fourth-order valence-electron chi connectivity index (χ4n) is 9.16. The number of likely N-dealkylation sites (tertiary alicyclic amines) is 1. The second kappa shape index (κ2) is 17.5. The fourth-order valence-corrected chi connectivity index (χ4v) is 9.16. The van der Waals surface area contributed by atoms with Crippen molar-refractivity contribution in [3.8, 4) is 0 Å². The first-order valence-electron chi connectivity index (χ1n) is 19.9. The Bertz CT molecular complexity index is 1410. The van der Waals surface area contributed by atoms with Gasteiger partial charge in [-0.1, -0.05) is 79.1 Å². The van der Waals surface area contributed by atoms with Gasteiger partial charge in [0.1, 0.15) is 5.69 Å². The maximum Gasteiger partial charge on any atom is 0.272 e. The highest BCUT2D eigenvalue weighted by atomic mass is 16.2. The number of rotatable bonds is 17. The smallest absolute Gasteiger partial charge is 0.272 e. The molecule has 4 fully saturated rings. The molecule has 2 amide bonds. The zero-order valence-corrected chi connectivity index (χ0v) is 31.4. The molecular weight excluding hydrogens is 644 g/mol. The zero-order chi connectivity index (χ0) is 36.7. The highest BCUT2D eigenvalue weighted by Crippen LogP contribution is 2.43. The van der Waals surface area contributed by atoms with Crippen LogP contribution in [0.1, 0.15) is 147 Å². The Morgan fingerprint density at radius 1 is 0.882 bits per heavy atom. The molecule has 1 aliphatic heterocycles. The highest BCUT2D eigenvalue weighted by molar-refractivity contribution is 6.38. The molecule has 10 nitrogen and oxygen atoms in total. The Balaban J connectivity index is 1.38. The van der Waals surface area contributed by atoms with E-state index in [4.69, 9.17) is 0 Å². The Kier molecular flexibility index (Phi) is 13.3. The van der Waals surface area contributed by atoms with E-state index in [2.05, 4.69) is 15.3 Å². The van der Waals surface area contributed by atoms with Crippen molar-refractivity contribution in [2.45, 2.75) is 149 Å². The summed E-state index contributed by atoms with van der Waals surface area (Å²) in [7, 11) is 0. The van der Waals surface area contributed by atoms with Gasteiger partial charge in [0.25, 0.3) is 5.91 Å². The van der Waals surface area contributed by atoms with Gasteiger partial charge in [0.05, 0.1) is 18.3 Å². The van der Waals surface area contributed by atoms with Gasteiger partial charge in [-0.05, 0) is 67.6 Å². The highest BCUT2D eigenvalue weighted by Gasteiger charge is 2.49. The molecule has 4 aliphatic rings. The van der Waals surface area contributed by atoms with Crippen molar-refractivity contribution in [2.24, 2.45) is 40.9 Å². The van der Waals surface area contributed by atoms with Crippen molar-refractivity contribution in [1.82, 2.24) is 20.2 Å². The van der Waals surface area contributed by atoms with Crippen LogP contribution in [0.3, 0.4) is 0 Å². The molecule has 1 aromatic rings. The number of amides is 2. The van der Waals surface area contributed by atoms with Crippen LogP contribution in [0.15, 0.2) is 18.6 Å². The number of aromatic nitrogens is 2. The lowest BCUT2D eigenvalue weighted by Gasteiger charge is -2.38. The Morgan fingerprint density at radius 2 is 1.57 bits per heavy atom. The van der Waals surface area contributed by atoms with E-state index in [0.29, 0.717) is 37.6 Å². The van der Waals surface area contributed by atoms with Crippen LogP contribution in [0, 0.1) is 40.9 Å². The average Bonchev–Trinajstić information content (AvgIpc) is 3.56. The maximum absolute atomic E-state index is 14.8. The molecule has 0 aromatic carbocycles. The van der Waals surface area contributed by atoms with Gasteiger partial charge in [-0.25, -0.2) is 4.98 Å². The Hall–Kier alpha value is -3.30. The fraction of sp³-hybridized carbons (Fsp3) is 0.756. The van der Waals surface area contributed by atoms with E-state index in [9.17, 15) is 28.8 Å². The van der Waals surface area contributed by atoms with Gasteiger partial charge in [0.15, 0.2) is 17.3 Å². The van der Waals surface area contributed by atoms with Crippen LogP contribution >= 0.6 is 0 Å². The molecule has 3 saturated carbocycles. The van der Waals surface area contributed by atoms with E-state index in [1.165, 1.54) is 18.6 Å². The Morgan fingerprint density at radius 3 is 2.18 bits per heavy atom. The molecule has 0 spiro atoms. The lowest BCUT2D eigenvalue weighted by molar-refractivity contribution is -0.148. The third kappa shape index (κ3) is 9.98. The van der Waals surface area contributed by atoms with Gasteiger partial charge in [0.2, 0.25) is 11.7 Å². The van der Waals surface area contributed by atoms with Crippen LogP contribution in [-0.4, -0.2) is 68.4 Å². The molecule has 0 bridgehead atoms. The molecule has 51 heavy (non-hydrogen) atoms. The van der Waals surface area contributed by atoms with Crippen LogP contribution in [0.4, 0.5) is 0 Å². The summed E-state index contributed by atoms with van der Waals surface area (Å²) >= 11 is 0. The molecule has 0 unspecified atom stereocenters. The number of hydrogen-bond donors (Lipinski definition) is 1. The number of Topliss-reactive ketones (excluding diaryl/α,β-unsaturated/α-hetero) is 4. The molecule has 1 saturated heterocycles. The molecule has 1 N–H and O–H groups in total. The minimum Gasteiger partial charge on any atom is -0.341 e. The monoisotopic (exact) mass is 704 g/mol. The van der Waals surface area contributed by atoms with Crippen molar-refractivity contribution in [2.75, 3.05) is 6.54 Å². The lowest BCUT2D eigenvalue weighted by Crippen LogP contribution is -2.52. The number of carbonyl (C=O) groups excluding carboxylic acids is 6. The molecule has 3 aliphatic carbocycles. The third-order valence-electron chi connectivity index (χ3n) is 12.3. The van der Waals surface area contributed by atoms with Crippen molar-refractivity contribution in [1.29, 1.82) is 0 Å². The number of ketones is 4. The van der Waals surface area contributed by atoms with Crippen LogP contribution in [0.2, 0.25) is 0 Å². The predicted octanol–water partition coefficient (Wildman–Crippen LogP) is 6.50. The molecular formula is C41H60N4O6. The average molecular weight is 705 g/mol. The maximum atomic E-state index is 14.8. The van der Waals surface area contributed by atoms with Gasteiger partial charge in [-0.15, -0.1) is 0 Å². The number of nitrogens with one attached hydrogen (secondary N) is 1. The summed E-state index contributed by atoms with van der Waals surface area (Å²) in [6.45, 7) is 8.27. The third-order valence-corrected chi connectivity index (χ3v) is 12.3. The summed E-state index contributed by atoms with van der Waals surface area (Å²) in [6.07, 6.45) is 17.2. The van der Waals surface area contributed by atoms with E-state index < -0.39 is 41.0 Å². The second-order valence-corrected chi connectivity index (χ2v) is 17.1. The standard InChI is InChI=1S/C41H60N4O6/c1-5-11-29(38(49)35(48)22-26-16-17-26)23-34(47)37-30(27-12-9-10-13-27)18-21-45(37)40(51)31(41(2,3)4)24-33(46)36(28-14-7-6-8-15-28)44-39(50)32-25-42-19-20-43-32/h19-20,25-31,36-37H,5-18,21-24H2,1-4H3,(H,44,50)/t29-,30-,31-,36+,37+/m1/s1. The first kappa shape index (κ1) is 38.9. The van der Waals surface area contributed by atoms with E-state index in [1.54, 1.807) is 4.90 Å². The topological polar surface area (TPSA) is 143 Å².